The number of rotatable bonds is 4. The minimum Gasteiger partial charge on any atom is -0.454 e. The molecular weight excluding hydrogens is 238 g/mol. The number of hydrogen-bond donors (Lipinski definition) is 0. The Morgan fingerprint density at radius 3 is 2.63 bits per heavy atom. The largest absolute Gasteiger partial charge is 0.454 e. The van der Waals surface area contributed by atoms with E-state index in [2.05, 4.69) is 42.3 Å². The second-order valence-corrected chi connectivity index (χ2v) is 4.69. The van der Waals surface area contributed by atoms with Crippen LogP contribution in [-0.4, -0.2) is 20.4 Å². The van der Waals surface area contributed by atoms with E-state index in [1.807, 2.05) is 18.2 Å². The van der Waals surface area contributed by atoms with Gasteiger partial charge in [0.2, 0.25) is 6.79 Å². The Morgan fingerprint density at radius 2 is 1.79 bits per heavy atom. The number of likely N-dealkylation sites (N-methyl/N-ethyl adjacent to an activating group) is 1. The lowest BCUT2D eigenvalue weighted by atomic mass is 10.1. The van der Waals surface area contributed by atoms with Gasteiger partial charge in [-0.25, -0.2) is 0 Å². The van der Waals surface area contributed by atoms with Gasteiger partial charge in [-0.3, -0.25) is 0 Å². The lowest BCUT2D eigenvalue weighted by Crippen LogP contribution is -2.20. The van der Waals surface area contributed by atoms with Crippen LogP contribution in [0.15, 0.2) is 48.5 Å². The minimum absolute atomic E-state index is 0.326. The van der Waals surface area contributed by atoms with Gasteiger partial charge >= 0.3 is 0 Å². The first-order valence-electron chi connectivity index (χ1n) is 6.47. The molecule has 0 amide bonds. The zero-order valence-corrected chi connectivity index (χ0v) is 11.0. The molecule has 0 aromatic heterocycles. The fourth-order valence-corrected chi connectivity index (χ4v) is 2.19. The molecule has 1 aliphatic heterocycles. The fraction of sp³-hybridized carbons (Fsp3) is 0.250. The summed E-state index contributed by atoms with van der Waals surface area (Å²) >= 11 is 0. The molecule has 0 atom stereocenters. The molecule has 0 spiro atoms. The Balaban J connectivity index is 1.65. The van der Waals surface area contributed by atoms with E-state index in [9.17, 15) is 0 Å². The van der Waals surface area contributed by atoms with Gasteiger partial charge < -0.3 is 14.4 Å². The van der Waals surface area contributed by atoms with Gasteiger partial charge in [-0.05, 0) is 24.1 Å². The third-order valence-corrected chi connectivity index (χ3v) is 3.38. The summed E-state index contributed by atoms with van der Waals surface area (Å²) < 4.78 is 10.7. The maximum atomic E-state index is 5.40. The average molecular weight is 255 g/mol. The van der Waals surface area contributed by atoms with Crippen LogP contribution in [0.25, 0.3) is 0 Å². The molecule has 0 saturated heterocycles. The van der Waals surface area contributed by atoms with Crippen LogP contribution in [0.1, 0.15) is 5.56 Å². The Bertz CT molecular complexity index is 554. The molecule has 0 N–H and O–H groups in total. The fourth-order valence-electron chi connectivity index (χ4n) is 2.19. The highest BCUT2D eigenvalue weighted by molar-refractivity contribution is 5.56. The van der Waals surface area contributed by atoms with Gasteiger partial charge in [-0.1, -0.05) is 30.3 Å². The Labute approximate surface area is 113 Å². The molecule has 2 aromatic rings. The van der Waals surface area contributed by atoms with Crippen molar-refractivity contribution in [2.45, 2.75) is 6.42 Å². The van der Waals surface area contributed by atoms with Crippen LogP contribution < -0.4 is 14.4 Å². The summed E-state index contributed by atoms with van der Waals surface area (Å²) in [5.74, 6) is 1.67. The van der Waals surface area contributed by atoms with Crippen molar-refractivity contribution in [3.05, 3.63) is 54.1 Å². The standard InChI is InChI=1S/C16H17NO2/c1-17(10-9-13-5-3-2-4-6-13)14-7-8-15-16(11-14)19-12-18-15/h2-8,11H,9-10,12H2,1H3. The van der Waals surface area contributed by atoms with Crippen LogP contribution in [0, 0.1) is 0 Å². The van der Waals surface area contributed by atoms with Crippen LogP contribution in [0.2, 0.25) is 0 Å². The molecule has 0 saturated carbocycles. The van der Waals surface area contributed by atoms with E-state index in [4.69, 9.17) is 9.47 Å². The van der Waals surface area contributed by atoms with Crippen LogP contribution in [0.4, 0.5) is 5.69 Å². The van der Waals surface area contributed by atoms with Crippen LogP contribution in [0.5, 0.6) is 11.5 Å². The Morgan fingerprint density at radius 1 is 1.00 bits per heavy atom. The molecule has 1 aliphatic rings. The van der Waals surface area contributed by atoms with Gasteiger partial charge in [0.05, 0.1) is 0 Å². The summed E-state index contributed by atoms with van der Waals surface area (Å²) in [4.78, 5) is 2.23. The molecule has 0 bridgehead atoms. The van der Waals surface area contributed by atoms with E-state index in [1.54, 1.807) is 0 Å². The normalized spacial score (nSPS) is 12.5. The highest BCUT2D eigenvalue weighted by atomic mass is 16.7. The second kappa shape index (κ2) is 5.22. The summed E-state index contributed by atoms with van der Waals surface area (Å²) in [5.41, 5.74) is 2.51. The van der Waals surface area contributed by atoms with E-state index in [1.165, 1.54) is 5.56 Å². The highest BCUT2D eigenvalue weighted by Gasteiger charge is 2.14. The van der Waals surface area contributed by atoms with E-state index in [0.717, 1.165) is 30.2 Å². The molecule has 1 heterocycles. The first kappa shape index (κ1) is 11.9. The van der Waals surface area contributed by atoms with Crippen molar-refractivity contribution >= 4 is 5.69 Å². The zero-order chi connectivity index (χ0) is 13.1. The predicted molar refractivity (Wildman–Crippen MR) is 76.0 cm³/mol. The van der Waals surface area contributed by atoms with Crippen molar-refractivity contribution in [2.75, 3.05) is 25.3 Å². The SMILES string of the molecule is CN(CCc1ccccc1)c1ccc2c(c1)OCO2. The maximum absolute atomic E-state index is 5.40. The number of benzene rings is 2. The van der Waals surface area contributed by atoms with E-state index in [-0.39, 0.29) is 0 Å². The molecule has 3 heteroatoms. The average Bonchev–Trinajstić information content (AvgIpc) is 2.93. The summed E-state index contributed by atoms with van der Waals surface area (Å²) in [5, 5.41) is 0. The lowest BCUT2D eigenvalue weighted by molar-refractivity contribution is 0.174. The predicted octanol–water partition coefficient (Wildman–Crippen LogP) is 3.09. The maximum Gasteiger partial charge on any atom is 0.231 e. The molecule has 0 unspecified atom stereocenters. The summed E-state index contributed by atoms with van der Waals surface area (Å²) in [6.07, 6.45) is 1.03. The number of nitrogens with zero attached hydrogens (tertiary/aromatic N) is 1. The topological polar surface area (TPSA) is 21.7 Å². The minimum atomic E-state index is 0.326. The highest BCUT2D eigenvalue weighted by Crippen LogP contribution is 2.35. The smallest absolute Gasteiger partial charge is 0.231 e. The van der Waals surface area contributed by atoms with Gasteiger partial charge in [0.15, 0.2) is 11.5 Å². The number of fused-ring (bicyclic) bond motifs is 1. The summed E-state index contributed by atoms with van der Waals surface area (Å²) in [6.45, 7) is 1.30. The first-order chi connectivity index (χ1) is 9.33. The first-order valence-corrected chi connectivity index (χ1v) is 6.47. The summed E-state index contributed by atoms with van der Waals surface area (Å²) in [6, 6.07) is 16.6. The monoisotopic (exact) mass is 255 g/mol. The molecule has 3 nitrogen and oxygen atoms in total. The summed E-state index contributed by atoms with van der Waals surface area (Å²) in [7, 11) is 2.10. The van der Waals surface area contributed by atoms with E-state index < -0.39 is 0 Å². The Hall–Kier alpha value is -2.16. The molecule has 0 fully saturated rings. The molecule has 0 radical (unpaired) electrons. The molecule has 2 aromatic carbocycles. The van der Waals surface area contributed by atoms with Gasteiger partial charge in [-0.2, -0.15) is 0 Å². The Kier molecular flexibility index (Phi) is 3.27. The van der Waals surface area contributed by atoms with Crippen LogP contribution in [0.3, 0.4) is 0 Å². The van der Waals surface area contributed by atoms with Crippen LogP contribution >= 0.6 is 0 Å². The van der Waals surface area contributed by atoms with Crippen molar-refractivity contribution in [2.24, 2.45) is 0 Å². The lowest BCUT2D eigenvalue weighted by Gasteiger charge is -2.19. The van der Waals surface area contributed by atoms with Crippen molar-refractivity contribution in [3.8, 4) is 11.5 Å². The second-order valence-electron chi connectivity index (χ2n) is 4.69. The van der Waals surface area contributed by atoms with Gasteiger partial charge in [-0.15, -0.1) is 0 Å². The van der Waals surface area contributed by atoms with Gasteiger partial charge in [0.1, 0.15) is 0 Å². The number of anilines is 1. The van der Waals surface area contributed by atoms with Crippen molar-refractivity contribution in [3.63, 3.8) is 0 Å². The number of hydrogen-bond acceptors (Lipinski definition) is 3. The van der Waals surface area contributed by atoms with Crippen molar-refractivity contribution in [1.82, 2.24) is 0 Å². The van der Waals surface area contributed by atoms with E-state index >= 15 is 0 Å². The molecular formula is C16H17NO2. The molecule has 3 rings (SSSR count). The van der Waals surface area contributed by atoms with Gasteiger partial charge in [0.25, 0.3) is 0 Å². The third-order valence-electron chi connectivity index (χ3n) is 3.38. The molecule has 19 heavy (non-hydrogen) atoms. The quantitative estimate of drug-likeness (QED) is 0.838. The van der Waals surface area contributed by atoms with Crippen molar-refractivity contribution in [1.29, 1.82) is 0 Å². The zero-order valence-electron chi connectivity index (χ0n) is 11.0. The van der Waals surface area contributed by atoms with Crippen LogP contribution in [-0.2, 0) is 6.42 Å². The van der Waals surface area contributed by atoms with E-state index in [0.29, 0.717) is 6.79 Å². The van der Waals surface area contributed by atoms with Crippen molar-refractivity contribution < 1.29 is 9.47 Å². The third kappa shape index (κ3) is 2.65. The van der Waals surface area contributed by atoms with Gasteiger partial charge in [0, 0.05) is 25.3 Å². The molecule has 98 valence electrons. The molecule has 0 aliphatic carbocycles. The number of ether oxygens (including phenoxy) is 2.